The monoisotopic (exact) mass is 794 g/mol. The van der Waals surface area contributed by atoms with Crippen molar-refractivity contribution in [2.75, 3.05) is 80.6 Å². The van der Waals surface area contributed by atoms with E-state index >= 15 is 0 Å². The quantitative estimate of drug-likeness (QED) is 0.325. The fraction of sp³-hybridized carbons (Fsp3) is 0.524. The van der Waals surface area contributed by atoms with E-state index in [9.17, 15) is 28.7 Å². The number of carbonyl (C=O) groups is 4. The highest BCUT2D eigenvalue weighted by atomic mass is 19.1. The van der Waals surface area contributed by atoms with E-state index in [1.165, 1.54) is 12.1 Å². The molecule has 3 aromatic rings. The van der Waals surface area contributed by atoms with Crippen LogP contribution >= 0.6 is 0 Å². The maximum Gasteiger partial charge on any atom is 0.320 e. The molecule has 16 heteroatoms. The number of amides is 5. The second-order valence-electron chi connectivity index (χ2n) is 17.7. The molecule has 1 aromatic heterocycles. The Morgan fingerprint density at radius 3 is 2.53 bits per heavy atom. The van der Waals surface area contributed by atoms with E-state index in [-0.39, 0.29) is 35.4 Å². The minimum Gasteiger partial charge on any atom is -0.504 e. The first kappa shape index (κ1) is 38.0. The summed E-state index contributed by atoms with van der Waals surface area (Å²) in [6.07, 6.45) is 2.44. The molecule has 0 saturated carbocycles. The van der Waals surface area contributed by atoms with Crippen LogP contribution in [0.3, 0.4) is 0 Å². The average molecular weight is 795 g/mol. The van der Waals surface area contributed by atoms with Crippen molar-refractivity contribution < 1.29 is 28.7 Å². The molecule has 3 N–H and O–H groups in total. The molecule has 0 aliphatic carbocycles. The van der Waals surface area contributed by atoms with E-state index in [1.807, 2.05) is 23.1 Å². The Labute approximate surface area is 337 Å². The highest BCUT2D eigenvalue weighted by Crippen LogP contribution is 2.41. The Morgan fingerprint density at radius 1 is 0.948 bits per heavy atom. The third-order valence-electron chi connectivity index (χ3n) is 13.3. The number of hydrogen-bond acceptors (Lipinski definition) is 11. The number of anilines is 3. The van der Waals surface area contributed by atoms with E-state index in [1.54, 1.807) is 11.0 Å². The topological polar surface area (TPSA) is 158 Å². The van der Waals surface area contributed by atoms with Gasteiger partial charge in [-0.3, -0.25) is 24.6 Å². The number of benzene rings is 2. The molecule has 0 radical (unpaired) electrons. The van der Waals surface area contributed by atoms with Crippen LogP contribution < -0.4 is 20.4 Å². The van der Waals surface area contributed by atoms with Crippen LogP contribution in [0.4, 0.5) is 26.4 Å². The lowest BCUT2D eigenvalue weighted by atomic mass is 9.82. The first-order valence-corrected chi connectivity index (χ1v) is 20.5. The summed E-state index contributed by atoms with van der Waals surface area (Å²) in [5.74, 6) is -0.922. The van der Waals surface area contributed by atoms with Gasteiger partial charge < -0.3 is 34.9 Å². The maximum atomic E-state index is 14.3. The summed E-state index contributed by atoms with van der Waals surface area (Å²) in [6.45, 7) is 14.3. The molecule has 3 atom stereocenters. The van der Waals surface area contributed by atoms with Gasteiger partial charge in [-0.1, -0.05) is 12.1 Å². The summed E-state index contributed by atoms with van der Waals surface area (Å²) >= 11 is 0. The van der Waals surface area contributed by atoms with Gasteiger partial charge >= 0.3 is 6.03 Å². The minimum absolute atomic E-state index is 0.0648. The van der Waals surface area contributed by atoms with E-state index in [4.69, 9.17) is 0 Å². The predicted octanol–water partition coefficient (Wildman–Crippen LogP) is 3.49. The number of urea groups is 1. The number of piperazine rings is 2. The number of nitrogens with one attached hydrogen (secondary N) is 2. The number of imide groups is 1. The van der Waals surface area contributed by atoms with Gasteiger partial charge in [-0.15, -0.1) is 10.2 Å². The number of piperidine rings is 2. The zero-order valence-electron chi connectivity index (χ0n) is 33.3. The summed E-state index contributed by atoms with van der Waals surface area (Å²) in [7, 11) is 0. The largest absolute Gasteiger partial charge is 0.504 e. The highest BCUT2D eigenvalue weighted by molar-refractivity contribution is 6.05. The van der Waals surface area contributed by atoms with E-state index in [0.717, 1.165) is 62.5 Å². The number of halogens is 1. The van der Waals surface area contributed by atoms with Crippen molar-refractivity contribution in [3.63, 3.8) is 0 Å². The smallest absolute Gasteiger partial charge is 0.320 e. The molecule has 7 heterocycles. The zero-order valence-corrected chi connectivity index (χ0v) is 33.3. The van der Waals surface area contributed by atoms with Crippen molar-refractivity contribution in [3.05, 3.63) is 59.4 Å². The molecule has 2 unspecified atom stereocenters. The van der Waals surface area contributed by atoms with Gasteiger partial charge in [0.1, 0.15) is 6.04 Å². The molecule has 4 fully saturated rings. The Hall–Kier alpha value is -5.51. The molecule has 6 aliphatic heterocycles. The summed E-state index contributed by atoms with van der Waals surface area (Å²) in [5.41, 5.74) is 3.30. The third-order valence-corrected chi connectivity index (χ3v) is 13.3. The number of carbonyl (C=O) groups excluding carboxylic acids is 4. The third kappa shape index (κ3) is 6.74. The molecule has 6 aliphatic rings. The number of aromatic nitrogens is 2. The molecular formula is C42H51FN10O5. The van der Waals surface area contributed by atoms with E-state index in [0.29, 0.717) is 68.7 Å². The maximum absolute atomic E-state index is 14.3. The molecule has 2 aromatic carbocycles. The van der Waals surface area contributed by atoms with Crippen LogP contribution in [0.2, 0.25) is 0 Å². The Morgan fingerprint density at radius 2 is 1.76 bits per heavy atom. The van der Waals surface area contributed by atoms with Crippen molar-refractivity contribution in [1.82, 2.24) is 35.1 Å². The van der Waals surface area contributed by atoms with Crippen LogP contribution in [-0.2, 0) is 16.1 Å². The molecule has 5 amide bonds. The van der Waals surface area contributed by atoms with Gasteiger partial charge in [0.15, 0.2) is 17.4 Å². The molecule has 0 spiro atoms. The number of likely N-dealkylation sites (tertiary alicyclic amines) is 1. The lowest BCUT2D eigenvalue weighted by Crippen LogP contribution is -2.69. The van der Waals surface area contributed by atoms with Crippen molar-refractivity contribution in [3.8, 4) is 17.0 Å². The zero-order chi connectivity index (χ0) is 40.5. The van der Waals surface area contributed by atoms with Crippen LogP contribution in [-0.4, -0.2) is 141 Å². The van der Waals surface area contributed by atoms with Gasteiger partial charge in [0.2, 0.25) is 11.8 Å². The van der Waals surface area contributed by atoms with Gasteiger partial charge in [0.25, 0.3) is 5.91 Å². The lowest BCUT2D eigenvalue weighted by molar-refractivity contribution is -0.136. The fourth-order valence-corrected chi connectivity index (χ4v) is 10.1. The van der Waals surface area contributed by atoms with Crippen molar-refractivity contribution in [2.45, 2.75) is 70.1 Å². The summed E-state index contributed by atoms with van der Waals surface area (Å²) in [6, 6.07) is 11.7. The number of fused-ring (bicyclic) bond motifs is 4. The number of aromatic hydroxyl groups is 1. The van der Waals surface area contributed by atoms with Gasteiger partial charge in [-0.05, 0) is 81.8 Å². The number of rotatable bonds is 5. The molecule has 15 nitrogen and oxygen atoms in total. The normalized spacial score (nSPS) is 25.9. The minimum atomic E-state index is -0.714. The van der Waals surface area contributed by atoms with Crippen LogP contribution in [0, 0.1) is 11.7 Å². The number of phenols is 1. The number of hydrogen-bond donors (Lipinski definition) is 3. The van der Waals surface area contributed by atoms with Crippen molar-refractivity contribution in [2.24, 2.45) is 5.92 Å². The van der Waals surface area contributed by atoms with Crippen molar-refractivity contribution >= 4 is 40.9 Å². The second-order valence-corrected chi connectivity index (χ2v) is 17.7. The van der Waals surface area contributed by atoms with Gasteiger partial charge in [0, 0.05) is 101 Å². The summed E-state index contributed by atoms with van der Waals surface area (Å²) in [4.78, 5) is 64.6. The van der Waals surface area contributed by atoms with Gasteiger partial charge in [0.05, 0.1) is 16.9 Å². The van der Waals surface area contributed by atoms with E-state index < -0.39 is 29.1 Å². The first-order valence-electron chi connectivity index (χ1n) is 20.5. The standard InChI is InChI=1S/C42H51FN10O5/c1-41(2)21-26(22-48-13-15-49(16-14-48)28-8-7-27-23-51(39(57)30(27)19-28)33-9-10-35(54)45-38(33)56)11-12-53(41)40(58)50-17-18-52-34-20-32(29-5-4-6-31(43)36(29)55)46-47-37(34)44-24-42(52,3)25-50/h4-8,19-20,26,33,55H,9-18,21-25H2,1-3H3,(H,44,47)(H,45,54,56)/t26?,33-,42?/m0/s1. The van der Waals surface area contributed by atoms with E-state index in [2.05, 4.69) is 67.3 Å². The fourth-order valence-electron chi connectivity index (χ4n) is 10.1. The molecular weight excluding hydrogens is 744 g/mol. The van der Waals surface area contributed by atoms with Crippen LogP contribution in [0.15, 0.2) is 42.5 Å². The molecule has 9 rings (SSSR count). The SMILES string of the molecule is CC1(C)CC(CN2CCN(c3ccc4c(c3)C(=O)N([C@H]3CCC(=O)NC3=O)C4)CC2)CCN1C(=O)N1CCN2c3cc(-c4cccc(F)c4O)nnc3NCC2(C)C1. The Balaban J connectivity index is 0.783. The Kier molecular flexibility index (Phi) is 9.44. The first-order chi connectivity index (χ1) is 27.8. The molecule has 58 heavy (non-hydrogen) atoms. The van der Waals surface area contributed by atoms with Crippen molar-refractivity contribution in [1.29, 1.82) is 0 Å². The molecule has 0 bridgehead atoms. The molecule has 4 saturated heterocycles. The van der Waals surface area contributed by atoms with Crippen LogP contribution in [0.1, 0.15) is 62.4 Å². The summed E-state index contributed by atoms with van der Waals surface area (Å²) in [5, 5.41) is 24.8. The van der Waals surface area contributed by atoms with Gasteiger partial charge in [-0.25, -0.2) is 9.18 Å². The molecule has 306 valence electrons. The van der Waals surface area contributed by atoms with Gasteiger partial charge in [-0.2, -0.15) is 0 Å². The second kappa shape index (κ2) is 14.4. The summed E-state index contributed by atoms with van der Waals surface area (Å²) < 4.78 is 14.2. The Bertz CT molecular complexity index is 2180. The average Bonchev–Trinajstić information content (AvgIpc) is 3.52. The number of para-hydroxylation sites is 1. The highest BCUT2D eigenvalue weighted by Gasteiger charge is 2.47. The number of nitrogens with zero attached hydrogens (tertiary/aromatic N) is 8. The van der Waals surface area contributed by atoms with Crippen LogP contribution in [0.25, 0.3) is 11.3 Å². The lowest BCUT2D eigenvalue weighted by Gasteiger charge is -2.55. The van der Waals surface area contributed by atoms with Crippen LogP contribution in [0.5, 0.6) is 5.75 Å². The number of phenolic OH excluding ortho intramolecular Hbond substituents is 1. The predicted molar refractivity (Wildman–Crippen MR) is 215 cm³/mol.